The molecule has 0 aliphatic heterocycles. The Morgan fingerprint density at radius 2 is 2.00 bits per heavy atom. The summed E-state index contributed by atoms with van der Waals surface area (Å²) in [5.41, 5.74) is -0.707. The lowest BCUT2D eigenvalue weighted by Crippen LogP contribution is -2.18. The van der Waals surface area contributed by atoms with E-state index < -0.39 is 5.60 Å². The number of nitrogens with zero attached hydrogens (tertiary/aromatic N) is 2. The Labute approximate surface area is 126 Å². The van der Waals surface area contributed by atoms with Crippen LogP contribution in [0.25, 0.3) is 0 Å². The molecule has 0 aliphatic carbocycles. The van der Waals surface area contributed by atoms with Gasteiger partial charge in [0.25, 0.3) is 11.1 Å². The number of halogens is 1. The molecule has 0 saturated carbocycles. The second-order valence-corrected chi connectivity index (χ2v) is 6.16. The Morgan fingerprint density at radius 1 is 1.29 bits per heavy atom. The van der Waals surface area contributed by atoms with E-state index in [4.69, 9.17) is 9.15 Å². The van der Waals surface area contributed by atoms with Crippen molar-refractivity contribution >= 4 is 11.8 Å². The molecule has 2 rings (SSSR count). The number of thioether (sulfide) groups is 1. The van der Waals surface area contributed by atoms with Crippen LogP contribution >= 0.6 is 11.8 Å². The number of aliphatic hydroxyl groups is 1. The van der Waals surface area contributed by atoms with Gasteiger partial charge >= 0.3 is 0 Å². The van der Waals surface area contributed by atoms with Crippen molar-refractivity contribution in [2.24, 2.45) is 0 Å². The third-order valence-corrected chi connectivity index (χ3v) is 3.38. The Morgan fingerprint density at radius 3 is 2.67 bits per heavy atom. The van der Waals surface area contributed by atoms with Crippen molar-refractivity contribution in [3.8, 4) is 5.75 Å². The first-order chi connectivity index (χ1) is 9.92. The van der Waals surface area contributed by atoms with Gasteiger partial charge in [-0.25, -0.2) is 4.39 Å². The Kier molecular flexibility index (Phi) is 5.19. The van der Waals surface area contributed by atoms with Crippen LogP contribution in [0.3, 0.4) is 0 Å². The molecule has 1 aromatic carbocycles. The normalized spacial score (nSPS) is 11.6. The molecule has 0 atom stereocenters. The van der Waals surface area contributed by atoms with Crippen LogP contribution in [0.4, 0.5) is 4.39 Å². The van der Waals surface area contributed by atoms with Crippen molar-refractivity contribution in [3.05, 3.63) is 36.0 Å². The molecule has 1 aromatic heterocycles. The molecule has 0 saturated heterocycles. The van der Waals surface area contributed by atoms with Gasteiger partial charge in [-0.15, -0.1) is 10.2 Å². The van der Waals surface area contributed by atoms with Crippen LogP contribution in [-0.4, -0.2) is 26.7 Å². The molecule has 2 aromatic rings. The van der Waals surface area contributed by atoms with E-state index in [-0.39, 0.29) is 12.4 Å². The van der Waals surface area contributed by atoms with Crippen LogP contribution in [0.2, 0.25) is 0 Å². The van der Waals surface area contributed by atoms with E-state index in [0.717, 1.165) is 0 Å². The zero-order chi connectivity index (χ0) is 15.3. The van der Waals surface area contributed by atoms with Gasteiger partial charge < -0.3 is 14.3 Å². The maximum atomic E-state index is 12.7. The van der Waals surface area contributed by atoms with Gasteiger partial charge in [-0.05, 0) is 44.5 Å². The molecule has 0 amide bonds. The first-order valence-corrected chi connectivity index (χ1v) is 7.47. The Balaban J connectivity index is 1.79. The van der Waals surface area contributed by atoms with Gasteiger partial charge in [0, 0.05) is 5.75 Å². The van der Waals surface area contributed by atoms with E-state index in [0.29, 0.717) is 29.0 Å². The molecule has 1 N–H and O–H groups in total. The fourth-order valence-electron chi connectivity index (χ4n) is 1.42. The van der Waals surface area contributed by atoms with E-state index in [2.05, 4.69) is 10.2 Å². The summed E-state index contributed by atoms with van der Waals surface area (Å²) < 4.78 is 23.5. The molecule has 0 bridgehead atoms. The minimum absolute atomic E-state index is 0.130. The second-order valence-electron chi connectivity index (χ2n) is 5.12. The highest BCUT2D eigenvalue weighted by atomic mass is 32.2. The molecule has 5 nitrogen and oxygen atoms in total. The van der Waals surface area contributed by atoms with Gasteiger partial charge in [-0.1, -0.05) is 11.8 Å². The zero-order valence-corrected chi connectivity index (χ0v) is 12.7. The van der Waals surface area contributed by atoms with Crippen molar-refractivity contribution in [2.45, 2.75) is 37.7 Å². The molecular weight excluding hydrogens is 295 g/mol. The number of rotatable bonds is 7. The molecule has 0 radical (unpaired) electrons. The van der Waals surface area contributed by atoms with Gasteiger partial charge in [0.05, 0.1) is 5.60 Å². The molecular formula is C14H17FN2O3S. The number of benzene rings is 1. The van der Waals surface area contributed by atoms with E-state index >= 15 is 0 Å². The third-order valence-electron chi connectivity index (χ3n) is 2.56. The van der Waals surface area contributed by atoms with Crippen LogP contribution in [0.5, 0.6) is 5.75 Å². The smallest absolute Gasteiger partial charge is 0.276 e. The van der Waals surface area contributed by atoms with Crippen molar-refractivity contribution in [1.82, 2.24) is 10.2 Å². The van der Waals surface area contributed by atoms with Gasteiger partial charge in [-0.3, -0.25) is 0 Å². The summed E-state index contributed by atoms with van der Waals surface area (Å²) in [7, 11) is 0. The standard InChI is InChI=1S/C14H17FN2O3S/c1-14(2,18)7-8-21-13-17-16-12(20-13)9-19-11-5-3-10(15)4-6-11/h3-6,18H,7-9H2,1-2H3. The summed E-state index contributed by atoms with van der Waals surface area (Å²) >= 11 is 1.39. The third kappa shape index (κ3) is 5.73. The predicted octanol–water partition coefficient (Wildman–Crippen LogP) is 3.04. The minimum atomic E-state index is -0.707. The van der Waals surface area contributed by atoms with Crippen molar-refractivity contribution in [2.75, 3.05) is 5.75 Å². The molecule has 114 valence electrons. The van der Waals surface area contributed by atoms with Crippen LogP contribution in [0.15, 0.2) is 33.9 Å². The Bertz CT molecular complexity index is 566. The number of hydrogen-bond donors (Lipinski definition) is 1. The number of hydrogen-bond acceptors (Lipinski definition) is 6. The molecule has 1 heterocycles. The summed E-state index contributed by atoms with van der Waals surface area (Å²) in [6, 6.07) is 5.71. The predicted molar refractivity (Wildman–Crippen MR) is 76.7 cm³/mol. The molecule has 0 unspecified atom stereocenters. The molecule has 21 heavy (non-hydrogen) atoms. The first-order valence-electron chi connectivity index (χ1n) is 6.48. The monoisotopic (exact) mass is 312 g/mol. The van der Waals surface area contributed by atoms with Crippen molar-refractivity contribution < 1.29 is 18.7 Å². The quantitative estimate of drug-likeness (QED) is 0.793. The highest BCUT2D eigenvalue weighted by molar-refractivity contribution is 7.99. The van der Waals surface area contributed by atoms with Gasteiger partial charge in [-0.2, -0.15) is 0 Å². The molecule has 0 fully saturated rings. The highest BCUT2D eigenvalue weighted by Gasteiger charge is 2.14. The lowest BCUT2D eigenvalue weighted by Gasteiger charge is -2.15. The first kappa shape index (κ1) is 15.8. The summed E-state index contributed by atoms with van der Waals surface area (Å²) in [4.78, 5) is 0. The minimum Gasteiger partial charge on any atom is -0.484 e. The summed E-state index contributed by atoms with van der Waals surface area (Å²) in [6.45, 7) is 3.64. The summed E-state index contributed by atoms with van der Waals surface area (Å²) in [5.74, 6) is 1.26. The number of ether oxygens (including phenoxy) is 1. The van der Waals surface area contributed by atoms with Crippen LogP contribution < -0.4 is 4.74 Å². The number of aromatic nitrogens is 2. The molecule has 0 aliphatic rings. The Hall–Kier alpha value is -1.60. The zero-order valence-electron chi connectivity index (χ0n) is 11.9. The maximum absolute atomic E-state index is 12.7. The van der Waals surface area contributed by atoms with Gasteiger partial charge in [0.1, 0.15) is 11.6 Å². The SMILES string of the molecule is CC(C)(O)CCSc1nnc(COc2ccc(F)cc2)o1. The summed E-state index contributed by atoms with van der Waals surface area (Å²) in [5, 5.41) is 17.8. The second kappa shape index (κ2) is 6.91. The van der Waals surface area contributed by atoms with Crippen molar-refractivity contribution in [1.29, 1.82) is 0 Å². The van der Waals surface area contributed by atoms with Crippen LogP contribution in [0, 0.1) is 5.82 Å². The highest BCUT2D eigenvalue weighted by Crippen LogP contribution is 2.21. The van der Waals surface area contributed by atoms with Gasteiger partial charge in [0.15, 0.2) is 6.61 Å². The lowest BCUT2D eigenvalue weighted by molar-refractivity contribution is 0.0777. The average Bonchev–Trinajstić information content (AvgIpc) is 2.85. The van der Waals surface area contributed by atoms with E-state index in [1.807, 2.05) is 0 Å². The fraction of sp³-hybridized carbons (Fsp3) is 0.429. The topological polar surface area (TPSA) is 68.4 Å². The summed E-state index contributed by atoms with van der Waals surface area (Å²) in [6.07, 6.45) is 0.626. The van der Waals surface area contributed by atoms with E-state index in [9.17, 15) is 9.50 Å². The fourth-order valence-corrected chi connectivity index (χ4v) is 2.45. The van der Waals surface area contributed by atoms with E-state index in [1.165, 1.54) is 36.0 Å². The van der Waals surface area contributed by atoms with Gasteiger partial charge in [0.2, 0.25) is 0 Å². The molecule has 7 heteroatoms. The lowest BCUT2D eigenvalue weighted by atomic mass is 10.1. The maximum Gasteiger partial charge on any atom is 0.276 e. The van der Waals surface area contributed by atoms with Crippen molar-refractivity contribution in [3.63, 3.8) is 0 Å². The molecule has 0 spiro atoms. The van der Waals surface area contributed by atoms with Crippen LogP contribution in [-0.2, 0) is 6.61 Å². The largest absolute Gasteiger partial charge is 0.484 e. The van der Waals surface area contributed by atoms with E-state index in [1.54, 1.807) is 13.8 Å². The average molecular weight is 312 g/mol. The van der Waals surface area contributed by atoms with Crippen LogP contribution in [0.1, 0.15) is 26.2 Å².